The van der Waals surface area contributed by atoms with E-state index in [-0.39, 0.29) is 0 Å². The Labute approximate surface area is 98.2 Å². The molecule has 0 aromatic heterocycles. The van der Waals surface area contributed by atoms with Gasteiger partial charge in [0.1, 0.15) is 5.75 Å². The van der Waals surface area contributed by atoms with Crippen molar-refractivity contribution in [1.82, 2.24) is 0 Å². The van der Waals surface area contributed by atoms with Gasteiger partial charge in [0.2, 0.25) is 0 Å². The zero-order chi connectivity index (χ0) is 12.4. The van der Waals surface area contributed by atoms with Crippen molar-refractivity contribution in [3.8, 4) is 5.75 Å². The van der Waals surface area contributed by atoms with Crippen molar-refractivity contribution in [2.75, 3.05) is 6.61 Å². The number of hydrogen-bond acceptors (Lipinski definition) is 4. The van der Waals surface area contributed by atoms with Gasteiger partial charge in [-0.05, 0) is 36.6 Å². The van der Waals surface area contributed by atoms with Crippen molar-refractivity contribution in [2.45, 2.75) is 18.9 Å². The number of aliphatic carboxylic acids is 1. The molecule has 1 aromatic rings. The number of ether oxygens (including phenoxy) is 1. The van der Waals surface area contributed by atoms with Gasteiger partial charge in [0.05, 0.1) is 6.61 Å². The molecule has 5 nitrogen and oxygen atoms in total. The Morgan fingerprint density at radius 3 is 2.88 bits per heavy atom. The molecule has 0 saturated carbocycles. The first-order valence-electron chi connectivity index (χ1n) is 5.38. The van der Waals surface area contributed by atoms with Crippen molar-refractivity contribution in [2.24, 2.45) is 5.73 Å². The van der Waals surface area contributed by atoms with E-state index in [0.29, 0.717) is 12.2 Å². The van der Waals surface area contributed by atoms with E-state index < -0.39 is 17.8 Å². The molecule has 2 rings (SSSR count). The van der Waals surface area contributed by atoms with Gasteiger partial charge >= 0.3 is 5.97 Å². The molecule has 3 N–H and O–H groups in total. The number of Topliss-reactive ketones (excluding diaryl/α,β-unsaturated/α-hetero) is 1. The molecule has 0 bridgehead atoms. The lowest BCUT2D eigenvalue weighted by Crippen LogP contribution is -2.38. The van der Waals surface area contributed by atoms with Crippen LogP contribution in [0, 0.1) is 0 Å². The Morgan fingerprint density at radius 1 is 1.41 bits per heavy atom. The Kier molecular flexibility index (Phi) is 3.10. The monoisotopic (exact) mass is 235 g/mol. The summed E-state index contributed by atoms with van der Waals surface area (Å²) < 4.78 is 5.41. The van der Waals surface area contributed by atoms with Crippen LogP contribution in [0.1, 0.15) is 22.3 Å². The molecule has 1 aliphatic heterocycles. The third-order valence-corrected chi connectivity index (χ3v) is 2.74. The number of fused-ring (bicyclic) bond motifs is 1. The van der Waals surface area contributed by atoms with Crippen LogP contribution in [0.4, 0.5) is 0 Å². The van der Waals surface area contributed by atoms with Gasteiger partial charge in [-0.2, -0.15) is 0 Å². The number of rotatable bonds is 3. The number of carboxylic acid groups (broad SMARTS) is 1. The van der Waals surface area contributed by atoms with Crippen LogP contribution in [0.25, 0.3) is 0 Å². The fraction of sp³-hybridized carbons (Fsp3) is 0.333. The molecule has 0 spiro atoms. The molecule has 5 heteroatoms. The van der Waals surface area contributed by atoms with E-state index in [4.69, 9.17) is 15.6 Å². The Hall–Kier alpha value is -1.88. The van der Waals surface area contributed by atoms with E-state index in [1.165, 1.54) is 0 Å². The quantitative estimate of drug-likeness (QED) is 0.591. The van der Waals surface area contributed by atoms with Crippen LogP contribution in [0.5, 0.6) is 5.75 Å². The molecule has 1 aromatic carbocycles. The van der Waals surface area contributed by atoms with Crippen molar-refractivity contribution >= 4 is 11.8 Å². The summed E-state index contributed by atoms with van der Waals surface area (Å²) in [7, 11) is 0. The van der Waals surface area contributed by atoms with Crippen LogP contribution in [-0.2, 0) is 11.2 Å². The van der Waals surface area contributed by atoms with Gasteiger partial charge in [-0.25, -0.2) is 0 Å². The molecule has 0 saturated heterocycles. The lowest BCUT2D eigenvalue weighted by molar-refractivity contribution is -0.137. The minimum Gasteiger partial charge on any atom is -0.493 e. The first kappa shape index (κ1) is 11.6. The summed E-state index contributed by atoms with van der Waals surface area (Å²) in [5.74, 6) is -1.13. The second-order valence-electron chi connectivity index (χ2n) is 3.95. The van der Waals surface area contributed by atoms with E-state index >= 15 is 0 Å². The lowest BCUT2D eigenvalue weighted by Gasteiger charge is -2.17. The van der Waals surface area contributed by atoms with E-state index in [1.54, 1.807) is 18.2 Å². The predicted molar refractivity (Wildman–Crippen MR) is 60.2 cm³/mol. The number of hydrogen-bond donors (Lipinski definition) is 2. The average molecular weight is 235 g/mol. The number of carboxylic acids is 1. The minimum atomic E-state index is -1.50. The Balaban J connectivity index is 2.28. The normalized spacial score (nSPS) is 15.6. The number of carbonyl (C=O) groups is 2. The number of ketones is 1. The van der Waals surface area contributed by atoms with E-state index in [0.717, 1.165) is 24.2 Å². The highest BCUT2D eigenvalue weighted by Gasteiger charge is 2.23. The van der Waals surface area contributed by atoms with Gasteiger partial charge in [-0.3, -0.25) is 9.59 Å². The Bertz CT molecular complexity index is 470. The van der Waals surface area contributed by atoms with Crippen LogP contribution in [0.3, 0.4) is 0 Å². The summed E-state index contributed by atoms with van der Waals surface area (Å²) in [5.41, 5.74) is 6.54. The largest absolute Gasteiger partial charge is 0.493 e. The maximum atomic E-state index is 11.7. The highest BCUT2D eigenvalue weighted by molar-refractivity contribution is 6.11. The number of nitrogens with two attached hydrogens (primary N) is 1. The second kappa shape index (κ2) is 4.55. The summed E-state index contributed by atoms with van der Waals surface area (Å²) in [6, 6.07) is 3.41. The molecule has 1 aliphatic rings. The third-order valence-electron chi connectivity index (χ3n) is 2.74. The highest BCUT2D eigenvalue weighted by Crippen LogP contribution is 2.25. The molecule has 0 radical (unpaired) electrons. The molecular weight excluding hydrogens is 222 g/mol. The molecule has 1 unspecified atom stereocenters. The van der Waals surface area contributed by atoms with Crippen LogP contribution in [0.15, 0.2) is 18.2 Å². The highest BCUT2D eigenvalue weighted by atomic mass is 16.5. The topological polar surface area (TPSA) is 89.6 Å². The van der Waals surface area contributed by atoms with E-state index in [9.17, 15) is 9.59 Å². The SMILES string of the molecule is NC(C(=O)O)C(=O)c1ccc2c(c1)CCCO2. The molecule has 1 atom stereocenters. The summed E-state index contributed by atoms with van der Waals surface area (Å²) in [5, 5.41) is 8.68. The fourth-order valence-electron chi connectivity index (χ4n) is 1.81. The molecule has 1 heterocycles. The van der Waals surface area contributed by atoms with E-state index in [2.05, 4.69) is 0 Å². The second-order valence-corrected chi connectivity index (χ2v) is 3.95. The van der Waals surface area contributed by atoms with Crippen LogP contribution in [0.2, 0.25) is 0 Å². The molecule has 17 heavy (non-hydrogen) atoms. The first-order valence-corrected chi connectivity index (χ1v) is 5.38. The van der Waals surface area contributed by atoms with Gasteiger partial charge in [-0.15, -0.1) is 0 Å². The maximum absolute atomic E-state index is 11.7. The first-order chi connectivity index (χ1) is 8.09. The zero-order valence-corrected chi connectivity index (χ0v) is 9.18. The van der Waals surface area contributed by atoms with Crippen LogP contribution < -0.4 is 10.5 Å². The maximum Gasteiger partial charge on any atom is 0.328 e. The van der Waals surface area contributed by atoms with Crippen LogP contribution >= 0.6 is 0 Å². The predicted octanol–water partition coefficient (Wildman–Crippen LogP) is 0.606. The average Bonchev–Trinajstić information content (AvgIpc) is 2.36. The summed E-state index contributed by atoms with van der Waals surface area (Å²) in [6.07, 6.45) is 1.73. The molecule has 0 aliphatic carbocycles. The molecule has 90 valence electrons. The van der Waals surface area contributed by atoms with Crippen molar-refractivity contribution in [1.29, 1.82) is 0 Å². The number of benzene rings is 1. The standard InChI is InChI=1S/C12H13NO4/c13-10(12(15)16)11(14)8-3-4-9-7(6-8)2-1-5-17-9/h3-4,6,10H,1-2,5,13H2,(H,15,16). The smallest absolute Gasteiger partial charge is 0.328 e. The van der Waals surface area contributed by atoms with Gasteiger partial charge < -0.3 is 15.6 Å². The summed E-state index contributed by atoms with van der Waals surface area (Å²) >= 11 is 0. The van der Waals surface area contributed by atoms with Crippen molar-refractivity contribution in [3.63, 3.8) is 0 Å². The zero-order valence-electron chi connectivity index (χ0n) is 9.18. The number of carbonyl (C=O) groups excluding carboxylic acids is 1. The van der Waals surface area contributed by atoms with Crippen molar-refractivity contribution < 1.29 is 19.4 Å². The fourth-order valence-corrected chi connectivity index (χ4v) is 1.81. The summed E-state index contributed by atoms with van der Waals surface area (Å²) in [4.78, 5) is 22.4. The molecular formula is C12H13NO4. The van der Waals surface area contributed by atoms with Gasteiger partial charge in [0.15, 0.2) is 11.8 Å². The lowest BCUT2D eigenvalue weighted by atomic mass is 9.98. The third kappa shape index (κ3) is 2.29. The van der Waals surface area contributed by atoms with E-state index in [1.807, 2.05) is 0 Å². The van der Waals surface area contributed by atoms with Crippen LogP contribution in [-0.4, -0.2) is 29.5 Å². The molecule has 0 fully saturated rings. The minimum absolute atomic E-state index is 0.323. The number of aryl methyl sites for hydroxylation is 1. The van der Waals surface area contributed by atoms with Gasteiger partial charge in [0, 0.05) is 5.56 Å². The molecule has 0 amide bonds. The van der Waals surface area contributed by atoms with Gasteiger partial charge in [0.25, 0.3) is 0 Å². The summed E-state index contributed by atoms with van der Waals surface area (Å²) in [6.45, 7) is 0.676. The van der Waals surface area contributed by atoms with Gasteiger partial charge in [-0.1, -0.05) is 0 Å². The van der Waals surface area contributed by atoms with Crippen molar-refractivity contribution in [3.05, 3.63) is 29.3 Å². The Morgan fingerprint density at radius 2 is 2.18 bits per heavy atom.